The second kappa shape index (κ2) is 9.17. The van der Waals surface area contributed by atoms with E-state index >= 15 is 0 Å². The lowest BCUT2D eigenvalue weighted by molar-refractivity contribution is -0.118. The molecule has 1 aromatic heterocycles. The van der Waals surface area contributed by atoms with Crippen LogP contribution in [0.25, 0.3) is 0 Å². The largest absolute Gasteiger partial charge is 0.481 e. The van der Waals surface area contributed by atoms with E-state index in [9.17, 15) is 4.79 Å². The highest BCUT2D eigenvalue weighted by atomic mass is 79.9. The number of ether oxygens (including phenoxy) is 1. The Hall–Kier alpha value is -2.05. The van der Waals surface area contributed by atoms with Crippen LogP contribution in [-0.2, 0) is 11.8 Å². The number of thioether (sulfide) groups is 1. The number of tetrazole rings is 1. The Morgan fingerprint density at radius 2 is 2.35 bits per heavy atom. The Labute approximate surface area is 146 Å². The lowest BCUT2D eigenvalue weighted by atomic mass is 10.3. The molecule has 7 nitrogen and oxygen atoms in total. The lowest BCUT2D eigenvalue weighted by Gasteiger charge is -2.02. The van der Waals surface area contributed by atoms with Gasteiger partial charge in [-0.2, -0.15) is 0 Å². The van der Waals surface area contributed by atoms with Gasteiger partial charge in [0.2, 0.25) is 11.1 Å². The minimum Gasteiger partial charge on any atom is -0.481 e. The van der Waals surface area contributed by atoms with E-state index in [1.807, 2.05) is 24.3 Å². The quantitative estimate of drug-likeness (QED) is 0.585. The summed E-state index contributed by atoms with van der Waals surface area (Å²) in [7, 11) is 1.72. The molecule has 1 aromatic carbocycles. The van der Waals surface area contributed by atoms with Gasteiger partial charge in [-0.15, -0.1) is 5.10 Å². The molecule has 1 heterocycles. The molecule has 0 bridgehead atoms. The van der Waals surface area contributed by atoms with Crippen molar-refractivity contribution < 1.29 is 9.53 Å². The van der Waals surface area contributed by atoms with Crippen LogP contribution in [0, 0.1) is 11.8 Å². The maximum Gasteiger partial charge on any atom is 0.231 e. The van der Waals surface area contributed by atoms with Crippen molar-refractivity contribution in [1.29, 1.82) is 0 Å². The molecule has 9 heteroatoms. The fourth-order valence-corrected chi connectivity index (χ4v) is 2.52. The summed E-state index contributed by atoms with van der Waals surface area (Å²) in [6.07, 6.45) is 0. The number of carbonyl (C=O) groups is 1. The van der Waals surface area contributed by atoms with Crippen LogP contribution in [0.5, 0.6) is 5.75 Å². The molecule has 0 unspecified atom stereocenters. The van der Waals surface area contributed by atoms with Crippen LogP contribution >= 0.6 is 27.7 Å². The van der Waals surface area contributed by atoms with Gasteiger partial charge in [0.1, 0.15) is 12.4 Å². The Morgan fingerprint density at radius 1 is 1.48 bits per heavy atom. The Morgan fingerprint density at radius 3 is 3.09 bits per heavy atom. The van der Waals surface area contributed by atoms with Crippen LogP contribution in [0.15, 0.2) is 33.9 Å². The molecule has 0 saturated carbocycles. The molecule has 0 spiro atoms. The molecular formula is C14H14BrN5O2S. The third kappa shape index (κ3) is 6.30. The Kier molecular flexibility index (Phi) is 6.90. The number of hydrogen-bond acceptors (Lipinski definition) is 6. The molecule has 2 rings (SSSR count). The smallest absolute Gasteiger partial charge is 0.231 e. The molecule has 0 fully saturated rings. The van der Waals surface area contributed by atoms with Gasteiger partial charge in [-0.1, -0.05) is 45.6 Å². The molecule has 1 N–H and O–H groups in total. The average molecular weight is 396 g/mol. The molecule has 23 heavy (non-hydrogen) atoms. The first-order valence-electron chi connectivity index (χ1n) is 6.61. The van der Waals surface area contributed by atoms with Crippen molar-refractivity contribution >= 4 is 33.6 Å². The van der Waals surface area contributed by atoms with E-state index in [1.54, 1.807) is 7.05 Å². The number of aryl methyl sites for hydroxylation is 1. The van der Waals surface area contributed by atoms with Gasteiger partial charge >= 0.3 is 0 Å². The van der Waals surface area contributed by atoms with Crippen molar-refractivity contribution in [2.45, 2.75) is 5.16 Å². The highest BCUT2D eigenvalue weighted by molar-refractivity contribution is 9.10. The van der Waals surface area contributed by atoms with E-state index in [0.29, 0.717) is 5.16 Å². The number of benzene rings is 1. The van der Waals surface area contributed by atoms with Crippen LogP contribution in [0.1, 0.15) is 0 Å². The summed E-state index contributed by atoms with van der Waals surface area (Å²) in [4.78, 5) is 11.6. The van der Waals surface area contributed by atoms with Crippen molar-refractivity contribution in [3.8, 4) is 17.6 Å². The van der Waals surface area contributed by atoms with Crippen molar-refractivity contribution in [2.75, 3.05) is 18.9 Å². The van der Waals surface area contributed by atoms with E-state index in [-0.39, 0.29) is 24.8 Å². The van der Waals surface area contributed by atoms with Crippen molar-refractivity contribution in [2.24, 2.45) is 7.05 Å². The van der Waals surface area contributed by atoms with Crippen LogP contribution in [0.4, 0.5) is 0 Å². The lowest BCUT2D eigenvalue weighted by Crippen LogP contribution is -2.25. The molecule has 120 valence electrons. The number of aromatic nitrogens is 4. The molecule has 0 aliphatic heterocycles. The third-order valence-electron chi connectivity index (χ3n) is 2.52. The summed E-state index contributed by atoms with van der Waals surface area (Å²) >= 11 is 4.63. The minimum absolute atomic E-state index is 0.125. The number of rotatable bonds is 6. The average Bonchev–Trinajstić information content (AvgIpc) is 2.94. The maximum absolute atomic E-state index is 11.6. The van der Waals surface area contributed by atoms with Crippen LogP contribution < -0.4 is 10.1 Å². The van der Waals surface area contributed by atoms with Gasteiger partial charge in [0.15, 0.2) is 0 Å². The number of halogens is 1. The maximum atomic E-state index is 11.6. The van der Waals surface area contributed by atoms with Crippen molar-refractivity contribution in [3.05, 3.63) is 28.7 Å². The molecule has 0 saturated heterocycles. The first-order valence-corrected chi connectivity index (χ1v) is 8.39. The third-order valence-corrected chi connectivity index (χ3v) is 4.02. The summed E-state index contributed by atoms with van der Waals surface area (Å²) in [5.41, 5.74) is 0. The summed E-state index contributed by atoms with van der Waals surface area (Å²) in [6.45, 7) is 0.546. The van der Waals surface area contributed by atoms with E-state index < -0.39 is 0 Å². The normalized spacial score (nSPS) is 9.83. The zero-order chi connectivity index (χ0) is 16.5. The number of amides is 1. The van der Waals surface area contributed by atoms with Crippen molar-refractivity contribution in [3.63, 3.8) is 0 Å². The fourth-order valence-electron chi connectivity index (χ4n) is 1.46. The molecule has 0 aliphatic rings. The Balaban J connectivity index is 1.61. The van der Waals surface area contributed by atoms with Gasteiger partial charge in [-0.3, -0.25) is 4.79 Å². The van der Waals surface area contributed by atoms with Gasteiger partial charge in [0.05, 0.1) is 12.3 Å². The molecule has 0 radical (unpaired) electrons. The van der Waals surface area contributed by atoms with E-state index in [4.69, 9.17) is 4.74 Å². The first kappa shape index (κ1) is 17.3. The van der Waals surface area contributed by atoms with Crippen LogP contribution in [0.3, 0.4) is 0 Å². The van der Waals surface area contributed by atoms with Gasteiger partial charge < -0.3 is 10.1 Å². The predicted octanol–water partition coefficient (Wildman–Crippen LogP) is 1.26. The number of carbonyl (C=O) groups excluding carboxylic acids is 1. The second-order valence-corrected chi connectivity index (χ2v) is 6.11. The summed E-state index contributed by atoms with van der Waals surface area (Å²) < 4.78 is 7.92. The highest BCUT2D eigenvalue weighted by Crippen LogP contribution is 2.17. The SMILES string of the molecule is Cn1nnnc1SCC(=O)NCC#CCOc1cccc(Br)c1. The predicted molar refractivity (Wildman–Crippen MR) is 89.9 cm³/mol. The molecular weight excluding hydrogens is 382 g/mol. The number of hydrogen-bond donors (Lipinski definition) is 1. The molecule has 0 atom stereocenters. The topological polar surface area (TPSA) is 81.9 Å². The van der Waals surface area contributed by atoms with Crippen LogP contribution in [0.2, 0.25) is 0 Å². The second-order valence-electron chi connectivity index (χ2n) is 4.25. The monoisotopic (exact) mass is 395 g/mol. The first-order chi connectivity index (χ1) is 11.1. The zero-order valence-corrected chi connectivity index (χ0v) is 14.7. The number of nitrogens with one attached hydrogen (secondary N) is 1. The van der Waals surface area contributed by atoms with E-state index in [0.717, 1.165) is 10.2 Å². The van der Waals surface area contributed by atoms with E-state index in [2.05, 4.69) is 48.6 Å². The Bertz CT molecular complexity index is 725. The van der Waals surface area contributed by atoms with Gasteiger partial charge in [-0.05, 0) is 28.6 Å². The summed E-state index contributed by atoms with van der Waals surface area (Å²) in [5.74, 6) is 6.53. The molecule has 2 aromatic rings. The fraction of sp³-hybridized carbons (Fsp3) is 0.286. The summed E-state index contributed by atoms with van der Waals surface area (Å²) in [5, 5.41) is 14.3. The van der Waals surface area contributed by atoms with Gasteiger partial charge in [0, 0.05) is 11.5 Å². The highest BCUT2D eigenvalue weighted by Gasteiger charge is 2.06. The minimum atomic E-state index is -0.125. The van der Waals surface area contributed by atoms with Gasteiger partial charge in [0.25, 0.3) is 0 Å². The molecule has 0 aliphatic carbocycles. The standard InChI is InChI=1S/C14H14BrN5O2S/c1-20-14(17-18-19-20)23-10-13(21)16-7-2-3-8-22-12-6-4-5-11(15)9-12/h4-6,9H,7-8,10H2,1H3,(H,16,21). The number of nitrogens with zero attached hydrogens (tertiary/aromatic N) is 4. The zero-order valence-electron chi connectivity index (χ0n) is 12.3. The van der Waals surface area contributed by atoms with Gasteiger partial charge in [-0.25, -0.2) is 4.68 Å². The summed E-state index contributed by atoms with van der Waals surface area (Å²) in [6, 6.07) is 7.52. The van der Waals surface area contributed by atoms with Crippen molar-refractivity contribution in [1.82, 2.24) is 25.5 Å². The van der Waals surface area contributed by atoms with E-state index in [1.165, 1.54) is 16.4 Å². The van der Waals surface area contributed by atoms with Crippen LogP contribution in [-0.4, -0.2) is 45.0 Å². The molecule has 1 amide bonds.